The molecule has 1 fully saturated rings. The maximum atomic E-state index is 13.8. The molecule has 1 aliphatic rings. The number of rotatable bonds is 4. The molecule has 8 heteroatoms. The molecule has 0 aromatic heterocycles. The monoisotopic (exact) mass is 403 g/mol. The molecular weight excluding hydrogens is 383 g/mol. The summed E-state index contributed by atoms with van der Waals surface area (Å²) in [6.45, 7) is 0.874. The average Bonchev–Trinajstić information content (AvgIpc) is 2.60. The lowest BCUT2D eigenvalue weighted by Crippen LogP contribution is -2.44. The van der Waals surface area contributed by atoms with E-state index < -0.39 is 34.9 Å². The van der Waals surface area contributed by atoms with Crippen molar-refractivity contribution < 1.29 is 28.5 Å². The van der Waals surface area contributed by atoms with Crippen LogP contribution in [0.3, 0.4) is 0 Å². The van der Waals surface area contributed by atoms with E-state index in [4.69, 9.17) is 5.11 Å². The van der Waals surface area contributed by atoms with E-state index in [9.17, 15) is 23.4 Å². The van der Waals surface area contributed by atoms with Crippen molar-refractivity contribution in [2.24, 2.45) is 0 Å². The number of hydrogen-bond donors (Lipinski definition) is 3. The van der Waals surface area contributed by atoms with Crippen LogP contribution in [0, 0.1) is 17.5 Å². The van der Waals surface area contributed by atoms with Crippen LogP contribution in [-0.2, 0) is 5.60 Å². The van der Waals surface area contributed by atoms with Gasteiger partial charge in [-0.15, -0.1) is 12.4 Å². The average molecular weight is 404 g/mol. The van der Waals surface area contributed by atoms with E-state index in [1.165, 1.54) is 12.1 Å². The Balaban J connectivity index is 0.00000261. The maximum absolute atomic E-state index is 13.8. The summed E-state index contributed by atoms with van der Waals surface area (Å²) in [5.74, 6) is -3.11. The summed E-state index contributed by atoms with van der Waals surface area (Å²) in [4.78, 5) is 1.82. The standard InChI is InChI=1S/C19H20F3NO3.ClH/c20-13-3-1-2-12(8-13)19(26)4-6-23(7-5-19)11-18(25)14-9-16(22)17(24)10-15(14)21;/h1-3,8-10,18,24-26H,4-7,11H2;1H. The van der Waals surface area contributed by atoms with Gasteiger partial charge in [-0.05, 0) is 36.6 Å². The lowest BCUT2D eigenvalue weighted by molar-refractivity contribution is -0.0349. The van der Waals surface area contributed by atoms with Gasteiger partial charge >= 0.3 is 0 Å². The first-order valence-corrected chi connectivity index (χ1v) is 8.35. The fourth-order valence-corrected chi connectivity index (χ4v) is 3.32. The van der Waals surface area contributed by atoms with Gasteiger partial charge in [-0.2, -0.15) is 0 Å². The van der Waals surface area contributed by atoms with Gasteiger partial charge in [0.15, 0.2) is 11.6 Å². The number of aliphatic hydroxyl groups excluding tert-OH is 1. The summed E-state index contributed by atoms with van der Waals surface area (Å²) in [7, 11) is 0. The second-order valence-electron chi connectivity index (χ2n) is 6.68. The van der Waals surface area contributed by atoms with Crippen molar-refractivity contribution >= 4 is 12.4 Å². The summed E-state index contributed by atoms with van der Waals surface area (Å²) in [5, 5.41) is 30.1. The fourth-order valence-electron chi connectivity index (χ4n) is 3.32. The zero-order valence-corrected chi connectivity index (χ0v) is 15.2. The number of β-amino-alcohol motifs (C(OH)–C–C–N with tert-alkyl or cyclic N) is 1. The molecule has 0 spiro atoms. The van der Waals surface area contributed by atoms with Crippen LogP contribution < -0.4 is 0 Å². The van der Waals surface area contributed by atoms with Crippen LogP contribution in [-0.4, -0.2) is 39.9 Å². The topological polar surface area (TPSA) is 63.9 Å². The Morgan fingerprint density at radius 3 is 2.33 bits per heavy atom. The number of halogens is 4. The van der Waals surface area contributed by atoms with Gasteiger partial charge in [0.1, 0.15) is 11.6 Å². The van der Waals surface area contributed by atoms with Gasteiger partial charge in [-0.1, -0.05) is 12.1 Å². The van der Waals surface area contributed by atoms with E-state index in [0.717, 1.165) is 6.07 Å². The van der Waals surface area contributed by atoms with E-state index in [1.807, 2.05) is 4.90 Å². The van der Waals surface area contributed by atoms with Crippen molar-refractivity contribution in [2.45, 2.75) is 24.5 Å². The van der Waals surface area contributed by atoms with Crippen molar-refractivity contribution in [1.29, 1.82) is 0 Å². The highest BCUT2D eigenvalue weighted by Gasteiger charge is 2.35. The van der Waals surface area contributed by atoms with Crippen molar-refractivity contribution in [2.75, 3.05) is 19.6 Å². The van der Waals surface area contributed by atoms with Gasteiger partial charge < -0.3 is 20.2 Å². The number of aromatic hydroxyl groups is 1. The van der Waals surface area contributed by atoms with E-state index >= 15 is 0 Å². The van der Waals surface area contributed by atoms with Gasteiger partial charge in [-0.25, -0.2) is 13.2 Å². The third kappa shape index (κ3) is 4.73. The van der Waals surface area contributed by atoms with Crippen LogP contribution >= 0.6 is 12.4 Å². The number of phenolic OH excluding ortho intramolecular Hbond substituents is 1. The Labute approximate surface area is 161 Å². The van der Waals surface area contributed by atoms with Gasteiger partial charge in [0.2, 0.25) is 0 Å². The van der Waals surface area contributed by atoms with Gasteiger partial charge in [0, 0.05) is 31.3 Å². The number of phenols is 1. The van der Waals surface area contributed by atoms with Crippen LogP contribution in [0.2, 0.25) is 0 Å². The summed E-state index contributed by atoms with van der Waals surface area (Å²) >= 11 is 0. The molecule has 1 heterocycles. The smallest absolute Gasteiger partial charge is 0.165 e. The molecule has 0 bridgehead atoms. The van der Waals surface area contributed by atoms with Gasteiger partial charge in [0.25, 0.3) is 0 Å². The molecule has 1 saturated heterocycles. The summed E-state index contributed by atoms with van der Waals surface area (Å²) in [5.41, 5.74) is -0.880. The lowest BCUT2D eigenvalue weighted by Gasteiger charge is -2.39. The minimum atomic E-state index is -1.27. The Bertz CT molecular complexity index is 798. The van der Waals surface area contributed by atoms with Gasteiger partial charge in [0.05, 0.1) is 11.7 Å². The normalized spacial score (nSPS) is 18.0. The molecule has 148 valence electrons. The van der Waals surface area contributed by atoms with Crippen LogP contribution in [0.5, 0.6) is 5.75 Å². The number of nitrogens with zero attached hydrogens (tertiary/aromatic N) is 1. The number of piperidine rings is 1. The van der Waals surface area contributed by atoms with E-state index in [1.54, 1.807) is 12.1 Å². The largest absolute Gasteiger partial charge is 0.505 e. The second kappa shape index (κ2) is 8.48. The van der Waals surface area contributed by atoms with Gasteiger partial charge in [-0.3, -0.25) is 0 Å². The van der Waals surface area contributed by atoms with E-state index in [2.05, 4.69) is 0 Å². The fraction of sp³-hybridized carbons (Fsp3) is 0.368. The lowest BCUT2D eigenvalue weighted by atomic mass is 9.84. The minimum Gasteiger partial charge on any atom is -0.505 e. The Morgan fingerprint density at radius 2 is 1.70 bits per heavy atom. The molecule has 1 aliphatic heterocycles. The highest BCUT2D eigenvalue weighted by molar-refractivity contribution is 5.85. The molecule has 27 heavy (non-hydrogen) atoms. The Kier molecular flexibility index (Phi) is 6.75. The third-order valence-corrected chi connectivity index (χ3v) is 4.90. The third-order valence-electron chi connectivity index (χ3n) is 4.90. The molecule has 2 aromatic carbocycles. The molecule has 2 aromatic rings. The molecule has 3 rings (SSSR count). The van der Waals surface area contributed by atoms with Crippen molar-refractivity contribution in [3.05, 3.63) is 65.0 Å². The quantitative estimate of drug-likeness (QED) is 0.733. The predicted molar refractivity (Wildman–Crippen MR) is 96.2 cm³/mol. The Morgan fingerprint density at radius 1 is 1.04 bits per heavy atom. The zero-order chi connectivity index (χ0) is 18.9. The molecule has 3 N–H and O–H groups in total. The zero-order valence-electron chi connectivity index (χ0n) is 14.4. The summed E-state index contributed by atoms with van der Waals surface area (Å²) in [6.07, 6.45) is -0.615. The van der Waals surface area contributed by atoms with Crippen LogP contribution in [0.4, 0.5) is 13.2 Å². The predicted octanol–water partition coefficient (Wildman–Crippen LogP) is 3.25. The highest BCUT2D eigenvalue weighted by Crippen LogP contribution is 2.34. The molecule has 0 radical (unpaired) electrons. The first kappa shape index (κ1) is 21.5. The first-order valence-electron chi connectivity index (χ1n) is 8.35. The molecule has 4 nitrogen and oxygen atoms in total. The molecule has 0 aliphatic carbocycles. The van der Waals surface area contributed by atoms with Crippen molar-refractivity contribution in [3.63, 3.8) is 0 Å². The first-order chi connectivity index (χ1) is 12.3. The number of benzene rings is 2. The maximum Gasteiger partial charge on any atom is 0.165 e. The SMILES string of the molecule is Cl.Oc1cc(F)c(C(O)CN2CCC(O)(c3cccc(F)c3)CC2)cc1F. The van der Waals surface area contributed by atoms with Crippen molar-refractivity contribution in [1.82, 2.24) is 4.90 Å². The number of hydrogen-bond acceptors (Lipinski definition) is 4. The van der Waals surface area contributed by atoms with Crippen LogP contribution in [0.25, 0.3) is 0 Å². The molecule has 1 unspecified atom stereocenters. The summed E-state index contributed by atoms with van der Waals surface area (Å²) in [6, 6.07) is 7.24. The van der Waals surface area contributed by atoms with Crippen molar-refractivity contribution in [3.8, 4) is 5.75 Å². The summed E-state index contributed by atoms with van der Waals surface area (Å²) < 4.78 is 40.6. The van der Waals surface area contributed by atoms with E-state index in [-0.39, 0.29) is 24.5 Å². The van der Waals surface area contributed by atoms with E-state index in [0.29, 0.717) is 37.6 Å². The minimum absolute atomic E-state index is 0. The Hall–Kier alpha value is -1.80. The molecule has 0 saturated carbocycles. The molecular formula is C19H21ClF3NO3. The molecule has 0 amide bonds. The number of aliphatic hydroxyl groups is 2. The van der Waals surface area contributed by atoms with Crippen LogP contribution in [0.15, 0.2) is 36.4 Å². The van der Waals surface area contributed by atoms with Crippen LogP contribution in [0.1, 0.15) is 30.1 Å². The highest BCUT2D eigenvalue weighted by atomic mass is 35.5. The second-order valence-corrected chi connectivity index (χ2v) is 6.68. The molecule has 1 atom stereocenters. The number of likely N-dealkylation sites (tertiary alicyclic amines) is 1.